The highest BCUT2D eigenvalue weighted by Crippen LogP contribution is 2.42. The van der Waals surface area contributed by atoms with E-state index in [1.807, 2.05) is 0 Å². The van der Waals surface area contributed by atoms with Gasteiger partial charge in [0.1, 0.15) is 11.4 Å². The molecule has 0 bridgehead atoms. The SMILES string of the molecule is C1=C(c2ccccc2)c2ccccc2OC12CCNCC2.Cl. The van der Waals surface area contributed by atoms with E-state index >= 15 is 0 Å². The molecule has 4 rings (SSSR count). The summed E-state index contributed by atoms with van der Waals surface area (Å²) >= 11 is 0. The van der Waals surface area contributed by atoms with Gasteiger partial charge in [-0.15, -0.1) is 12.4 Å². The molecule has 0 atom stereocenters. The zero-order valence-corrected chi connectivity index (χ0v) is 13.2. The summed E-state index contributed by atoms with van der Waals surface area (Å²) in [5, 5.41) is 3.43. The van der Waals surface area contributed by atoms with Crippen LogP contribution in [0.15, 0.2) is 60.7 Å². The number of nitrogens with one attached hydrogen (secondary N) is 1. The molecule has 0 aliphatic carbocycles. The molecule has 1 N–H and O–H groups in total. The molecule has 1 spiro atoms. The number of benzene rings is 2. The molecule has 0 saturated carbocycles. The van der Waals surface area contributed by atoms with E-state index in [-0.39, 0.29) is 18.0 Å². The molecule has 114 valence electrons. The van der Waals surface area contributed by atoms with Crippen LogP contribution >= 0.6 is 12.4 Å². The van der Waals surface area contributed by atoms with Crippen molar-refractivity contribution in [3.8, 4) is 5.75 Å². The van der Waals surface area contributed by atoms with Gasteiger partial charge < -0.3 is 10.1 Å². The van der Waals surface area contributed by atoms with Gasteiger partial charge in [-0.25, -0.2) is 0 Å². The van der Waals surface area contributed by atoms with Gasteiger partial charge in [0.25, 0.3) is 0 Å². The first-order chi connectivity index (χ1) is 10.4. The van der Waals surface area contributed by atoms with Crippen LogP contribution in [0, 0.1) is 0 Å². The maximum Gasteiger partial charge on any atom is 0.130 e. The third-order valence-electron chi connectivity index (χ3n) is 4.43. The monoisotopic (exact) mass is 313 g/mol. The first-order valence-corrected chi connectivity index (χ1v) is 7.64. The molecular weight excluding hydrogens is 294 g/mol. The van der Waals surface area contributed by atoms with E-state index < -0.39 is 0 Å². The highest BCUT2D eigenvalue weighted by molar-refractivity contribution is 5.85. The van der Waals surface area contributed by atoms with Gasteiger partial charge in [-0.3, -0.25) is 0 Å². The number of rotatable bonds is 1. The Hall–Kier alpha value is -1.77. The van der Waals surface area contributed by atoms with E-state index in [0.717, 1.165) is 31.7 Å². The summed E-state index contributed by atoms with van der Waals surface area (Å²) < 4.78 is 6.40. The molecule has 1 fully saturated rings. The number of para-hydroxylation sites is 1. The standard InChI is InChI=1S/C19H19NO.ClH/c1-2-6-15(7-3-1)17-14-19(10-12-20-13-11-19)21-18-9-5-4-8-16(17)18;/h1-9,14,20H,10-13H2;1H. The summed E-state index contributed by atoms with van der Waals surface area (Å²) in [6, 6.07) is 19.0. The molecule has 2 aliphatic heterocycles. The number of ether oxygens (including phenoxy) is 1. The molecule has 0 amide bonds. The molecule has 22 heavy (non-hydrogen) atoms. The largest absolute Gasteiger partial charge is 0.482 e. The predicted octanol–water partition coefficient (Wildman–Crippen LogP) is 4.05. The maximum absolute atomic E-state index is 6.40. The quantitative estimate of drug-likeness (QED) is 0.857. The number of hydrogen-bond donors (Lipinski definition) is 1. The molecule has 0 radical (unpaired) electrons. The lowest BCUT2D eigenvalue weighted by Gasteiger charge is -2.40. The van der Waals surface area contributed by atoms with Crippen molar-refractivity contribution in [2.75, 3.05) is 13.1 Å². The fourth-order valence-corrected chi connectivity index (χ4v) is 3.32. The molecular formula is C19H20ClNO. The van der Waals surface area contributed by atoms with E-state index in [0.29, 0.717) is 0 Å². The lowest BCUT2D eigenvalue weighted by atomic mass is 9.83. The van der Waals surface area contributed by atoms with Crippen LogP contribution in [0.3, 0.4) is 0 Å². The van der Waals surface area contributed by atoms with Gasteiger partial charge in [-0.2, -0.15) is 0 Å². The van der Waals surface area contributed by atoms with E-state index in [4.69, 9.17) is 4.74 Å². The summed E-state index contributed by atoms with van der Waals surface area (Å²) in [5.74, 6) is 1.01. The van der Waals surface area contributed by atoms with Crippen molar-refractivity contribution in [2.45, 2.75) is 18.4 Å². The lowest BCUT2D eigenvalue weighted by Crippen LogP contribution is -2.46. The van der Waals surface area contributed by atoms with Crippen LogP contribution < -0.4 is 10.1 Å². The van der Waals surface area contributed by atoms with E-state index in [1.54, 1.807) is 0 Å². The zero-order chi connectivity index (χ0) is 14.1. The highest BCUT2D eigenvalue weighted by Gasteiger charge is 2.36. The van der Waals surface area contributed by atoms with E-state index in [9.17, 15) is 0 Å². The topological polar surface area (TPSA) is 21.3 Å². The van der Waals surface area contributed by atoms with Crippen molar-refractivity contribution in [3.05, 3.63) is 71.8 Å². The third-order valence-corrected chi connectivity index (χ3v) is 4.43. The minimum absolute atomic E-state index is 0. The Morgan fingerprint density at radius 3 is 2.32 bits per heavy atom. The summed E-state index contributed by atoms with van der Waals surface area (Å²) in [7, 11) is 0. The number of halogens is 1. The molecule has 2 aliphatic rings. The minimum Gasteiger partial charge on any atom is -0.482 e. The van der Waals surface area contributed by atoms with Gasteiger partial charge >= 0.3 is 0 Å². The predicted molar refractivity (Wildman–Crippen MR) is 92.7 cm³/mol. The van der Waals surface area contributed by atoms with Crippen LogP contribution in [0.2, 0.25) is 0 Å². The molecule has 0 aromatic heterocycles. The Morgan fingerprint density at radius 2 is 1.55 bits per heavy atom. The van der Waals surface area contributed by atoms with E-state index in [2.05, 4.69) is 66.0 Å². The van der Waals surface area contributed by atoms with Gasteiger partial charge in [0, 0.05) is 18.4 Å². The first kappa shape index (κ1) is 15.1. The fourth-order valence-electron chi connectivity index (χ4n) is 3.32. The van der Waals surface area contributed by atoms with Gasteiger partial charge in [-0.1, -0.05) is 48.5 Å². The van der Waals surface area contributed by atoms with Gasteiger partial charge in [-0.05, 0) is 36.4 Å². The van der Waals surface area contributed by atoms with Crippen LogP contribution in [0.25, 0.3) is 5.57 Å². The Bertz CT molecular complexity index is 675. The first-order valence-electron chi connectivity index (χ1n) is 7.64. The van der Waals surface area contributed by atoms with Crippen molar-refractivity contribution < 1.29 is 4.74 Å². The van der Waals surface area contributed by atoms with Gasteiger partial charge in [0.05, 0.1) is 0 Å². The van der Waals surface area contributed by atoms with Crippen LogP contribution in [-0.2, 0) is 0 Å². The fraction of sp³-hybridized carbons (Fsp3) is 0.263. The summed E-state index contributed by atoms with van der Waals surface area (Å²) in [5.41, 5.74) is 3.63. The van der Waals surface area contributed by atoms with Gasteiger partial charge in [0.15, 0.2) is 0 Å². The lowest BCUT2D eigenvalue weighted by molar-refractivity contribution is 0.0817. The molecule has 1 saturated heterocycles. The molecule has 3 heteroatoms. The molecule has 0 unspecified atom stereocenters. The van der Waals surface area contributed by atoms with Crippen LogP contribution in [-0.4, -0.2) is 18.7 Å². The molecule has 2 heterocycles. The number of piperidine rings is 1. The Labute approximate surface area is 137 Å². The normalized spacial score (nSPS) is 18.6. The Balaban J connectivity index is 0.00000144. The molecule has 2 nitrogen and oxygen atoms in total. The zero-order valence-electron chi connectivity index (χ0n) is 12.4. The second-order valence-corrected chi connectivity index (χ2v) is 5.84. The summed E-state index contributed by atoms with van der Waals surface area (Å²) in [6.45, 7) is 2.03. The van der Waals surface area contributed by atoms with Crippen LogP contribution in [0.1, 0.15) is 24.0 Å². The Kier molecular flexibility index (Phi) is 4.23. The average Bonchev–Trinajstić information content (AvgIpc) is 2.56. The second kappa shape index (κ2) is 6.15. The van der Waals surface area contributed by atoms with Crippen molar-refractivity contribution in [2.24, 2.45) is 0 Å². The molecule has 2 aromatic rings. The van der Waals surface area contributed by atoms with Crippen LogP contribution in [0.4, 0.5) is 0 Å². The molecule has 2 aromatic carbocycles. The van der Waals surface area contributed by atoms with Crippen molar-refractivity contribution in [3.63, 3.8) is 0 Å². The van der Waals surface area contributed by atoms with Crippen molar-refractivity contribution in [1.82, 2.24) is 5.32 Å². The minimum atomic E-state index is -0.148. The van der Waals surface area contributed by atoms with Crippen molar-refractivity contribution in [1.29, 1.82) is 0 Å². The van der Waals surface area contributed by atoms with Crippen LogP contribution in [0.5, 0.6) is 5.75 Å². The average molecular weight is 314 g/mol. The van der Waals surface area contributed by atoms with Crippen molar-refractivity contribution >= 4 is 18.0 Å². The number of fused-ring (bicyclic) bond motifs is 1. The Morgan fingerprint density at radius 1 is 0.864 bits per heavy atom. The summed E-state index contributed by atoms with van der Waals surface area (Å²) in [4.78, 5) is 0. The second-order valence-electron chi connectivity index (χ2n) is 5.84. The maximum atomic E-state index is 6.40. The highest BCUT2D eigenvalue weighted by atomic mass is 35.5. The third kappa shape index (κ3) is 2.65. The van der Waals surface area contributed by atoms with E-state index in [1.165, 1.54) is 16.7 Å². The number of hydrogen-bond acceptors (Lipinski definition) is 2. The smallest absolute Gasteiger partial charge is 0.130 e. The summed E-state index contributed by atoms with van der Waals surface area (Å²) in [6.07, 6.45) is 4.40. The van der Waals surface area contributed by atoms with Gasteiger partial charge in [0.2, 0.25) is 0 Å².